The Morgan fingerprint density at radius 2 is 2.36 bits per heavy atom. The fourth-order valence-corrected chi connectivity index (χ4v) is 1.93. The third kappa shape index (κ3) is 1.96. The van der Waals surface area contributed by atoms with E-state index < -0.39 is 9.84 Å². The van der Waals surface area contributed by atoms with E-state index in [1.807, 2.05) is 0 Å². The minimum absolute atomic E-state index is 0.296. The monoisotopic (exact) mass is 215 g/mol. The van der Waals surface area contributed by atoms with Crippen LogP contribution in [0.2, 0.25) is 0 Å². The molecule has 0 aromatic carbocycles. The Kier molecular flexibility index (Phi) is 2.32. The van der Waals surface area contributed by atoms with E-state index in [9.17, 15) is 8.42 Å². The molecule has 14 heavy (non-hydrogen) atoms. The van der Waals surface area contributed by atoms with Gasteiger partial charge in [0, 0.05) is 38.0 Å². The fraction of sp³-hybridized carbons (Fsp3) is 0.625. The van der Waals surface area contributed by atoms with Crippen molar-refractivity contribution < 1.29 is 8.42 Å². The van der Waals surface area contributed by atoms with Crippen LogP contribution < -0.4 is 5.32 Å². The van der Waals surface area contributed by atoms with Crippen molar-refractivity contribution in [3.05, 3.63) is 12.4 Å². The van der Waals surface area contributed by atoms with Crippen molar-refractivity contribution in [3.63, 3.8) is 0 Å². The van der Waals surface area contributed by atoms with Crippen LogP contribution in [0, 0.1) is 5.92 Å². The average Bonchev–Trinajstić information content (AvgIpc) is 2.43. The smallest absolute Gasteiger partial charge is 0.178 e. The van der Waals surface area contributed by atoms with Crippen molar-refractivity contribution in [3.8, 4) is 0 Å². The van der Waals surface area contributed by atoms with E-state index in [-0.39, 0.29) is 0 Å². The van der Waals surface area contributed by atoms with Crippen LogP contribution in [0.3, 0.4) is 0 Å². The lowest BCUT2D eigenvalue weighted by Crippen LogP contribution is -2.44. The number of nitrogens with zero attached hydrogens (tertiary/aromatic N) is 2. The molecule has 5 nitrogen and oxygen atoms in total. The van der Waals surface area contributed by atoms with Gasteiger partial charge in [-0.05, 0) is 0 Å². The molecule has 0 aliphatic carbocycles. The molecule has 0 spiro atoms. The Balaban J connectivity index is 2.09. The van der Waals surface area contributed by atoms with Gasteiger partial charge in [0.2, 0.25) is 0 Å². The molecule has 0 atom stereocenters. The predicted molar refractivity (Wildman–Crippen MR) is 51.7 cm³/mol. The van der Waals surface area contributed by atoms with Crippen LogP contribution in [0.1, 0.15) is 0 Å². The fourth-order valence-electron chi connectivity index (χ4n) is 1.38. The van der Waals surface area contributed by atoms with Crippen molar-refractivity contribution in [2.45, 2.75) is 11.4 Å². The van der Waals surface area contributed by atoms with Gasteiger partial charge < -0.3 is 5.32 Å². The molecule has 78 valence electrons. The van der Waals surface area contributed by atoms with Crippen molar-refractivity contribution in [2.75, 3.05) is 19.3 Å². The van der Waals surface area contributed by atoms with Crippen LogP contribution in [0.4, 0.5) is 0 Å². The van der Waals surface area contributed by atoms with E-state index in [2.05, 4.69) is 10.4 Å². The summed E-state index contributed by atoms with van der Waals surface area (Å²) in [4.78, 5) is 0.296. The summed E-state index contributed by atoms with van der Waals surface area (Å²) in [5.74, 6) is 0.585. The molecule has 0 radical (unpaired) electrons. The van der Waals surface area contributed by atoms with Gasteiger partial charge in [0.15, 0.2) is 9.84 Å². The van der Waals surface area contributed by atoms with E-state index >= 15 is 0 Å². The normalized spacial score (nSPS) is 18.1. The Hall–Kier alpha value is -0.880. The topological polar surface area (TPSA) is 64.0 Å². The SMILES string of the molecule is CS(=O)(=O)c1cnn(CC2CNC2)c1. The molecule has 1 aromatic heterocycles. The van der Waals surface area contributed by atoms with Gasteiger partial charge in [-0.2, -0.15) is 5.10 Å². The Morgan fingerprint density at radius 1 is 1.64 bits per heavy atom. The predicted octanol–water partition coefficient (Wildman–Crippen LogP) is -0.494. The third-order valence-corrected chi connectivity index (χ3v) is 3.42. The molecular formula is C8H13N3O2S. The first kappa shape index (κ1) is 9.67. The molecule has 1 fully saturated rings. The van der Waals surface area contributed by atoms with Gasteiger partial charge in [-0.15, -0.1) is 0 Å². The summed E-state index contributed by atoms with van der Waals surface area (Å²) in [6.07, 6.45) is 4.19. The number of sulfone groups is 1. The first-order chi connectivity index (χ1) is 6.55. The minimum atomic E-state index is -3.11. The van der Waals surface area contributed by atoms with Crippen molar-refractivity contribution in [2.24, 2.45) is 5.92 Å². The second-order valence-electron chi connectivity index (χ2n) is 3.69. The van der Waals surface area contributed by atoms with E-state index in [1.54, 1.807) is 10.9 Å². The molecule has 1 saturated heterocycles. The van der Waals surface area contributed by atoms with Gasteiger partial charge in [0.25, 0.3) is 0 Å². The maximum atomic E-state index is 11.1. The molecule has 0 bridgehead atoms. The zero-order valence-corrected chi connectivity index (χ0v) is 8.79. The standard InChI is InChI=1S/C8H13N3O2S/c1-14(12,13)8-4-10-11(6-8)5-7-2-9-3-7/h4,6-7,9H,2-3,5H2,1H3. The largest absolute Gasteiger partial charge is 0.316 e. The molecule has 0 saturated carbocycles. The van der Waals surface area contributed by atoms with E-state index in [4.69, 9.17) is 0 Å². The number of nitrogens with one attached hydrogen (secondary N) is 1. The van der Waals surface area contributed by atoms with Crippen LogP contribution >= 0.6 is 0 Å². The molecule has 2 heterocycles. The lowest BCUT2D eigenvalue weighted by molar-refractivity contribution is 0.295. The highest BCUT2D eigenvalue weighted by Gasteiger charge is 2.18. The van der Waals surface area contributed by atoms with Crippen molar-refractivity contribution >= 4 is 9.84 Å². The summed E-state index contributed by atoms with van der Waals surface area (Å²) < 4.78 is 24.0. The Labute approximate surface area is 83.0 Å². The van der Waals surface area contributed by atoms with Crippen LogP contribution in [-0.2, 0) is 16.4 Å². The molecule has 1 aliphatic rings. The number of rotatable bonds is 3. The highest BCUT2D eigenvalue weighted by Crippen LogP contribution is 2.10. The third-order valence-electron chi connectivity index (χ3n) is 2.35. The number of aromatic nitrogens is 2. The maximum Gasteiger partial charge on any atom is 0.178 e. The highest BCUT2D eigenvalue weighted by atomic mass is 32.2. The summed E-state index contributed by atoms with van der Waals surface area (Å²) >= 11 is 0. The summed E-state index contributed by atoms with van der Waals surface area (Å²) in [5, 5.41) is 7.17. The van der Waals surface area contributed by atoms with Gasteiger partial charge in [-0.25, -0.2) is 8.42 Å². The molecule has 6 heteroatoms. The Bertz CT molecular complexity index is 420. The van der Waals surface area contributed by atoms with Gasteiger partial charge >= 0.3 is 0 Å². The first-order valence-electron chi connectivity index (χ1n) is 4.49. The van der Waals surface area contributed by atoms with Gasteiger partial charge in [-0.3, -0.25) is 4.68 Å². The molecule has 1 aliphatic heterocycles. The maximum absolute atomic E-state index is 11.1. The summed E-state index contributed by atoms with van der Waals surface area (Å²) in [5.41, 5.74) is 0. The second kappa shape index (κ2) is 3.36. The van der Waals surface area contributed by atoms with E-state index in [1.165, 1.54) is 12.5 Å². The van der Waals surface area contributed by atoms with Gasteiger partial charge in [0.1, 0.15) is 4.90 Å². The van der Waals surface area contributed by atoms with Gasteiger partial charge in [0.05, 0.1) is 6.20 Å². The number of hydrogen-bond donors (Lipinski definition) is 1. The van der Waals surface area contributed by atoms with Crippen molar-refractivity contribution in [1.29, 1.82) is 0 Å². The summed E-state index contributed by atoms with van der Waals surface area (Å²) in [7, 11) is -3.11. The van der Waals surface area contributed by atoms with Crippen molar-refractivity contribution in [1.82, 2.24) is 15.1 Å². The van der Waals surface area contributed by atoms with Crippen LogP contribution in [0.15, 0.2) is 17.3 Å². The van der Waals surface area contributed by atoms with E-state index in [0.717, 1.165) is 19.6 Å². The summed E-state index contributed by atoms with van der Waals surface area (Å²) in [6.45, 7) is 2.78. The first-order valence-corrected chi connectivity index (χ1v) is 6.38. The van der Waals surface area contributed by atoms with Gasteiger partial charge in [-0.1, -0.05) is 0 Å². The summed E-state index contributed by atoms with van der Waals surface area (Å²) in [6, 6.07) is 0. The van der Waals surface area contributed by atoms with Crippen LogP contribution in [0.5, 0.6) is 0 Å². The Morgan fingerprint density at radius 3 is 2.79 bits per heavy atom. The lowest BCUT2D eigenvalue weighted by Gasteiger charge is -2.26. The molecule has 0 amide bonds. The molecule has 1 aromatic rings. The molecule has 1 N–H and O–H groups in total. The zero-order chi connectivity index (χ0) is 10.2. The molecule has 2 rings (SSSR count). The molecular weight excluding hydrogens is 202 g/mol. The van der Waals surface area contributed by atoms with E-state index in [0.29, 0.717) is 10.8 Å². The minimum Gasteiger partial charge on any atom is -0.316 e. The highest BCUT2D eigenvalue weighted by molar-refractivity contribution is 7.90. The average molecular weight is 215 g/mol. The molecule has 0 unspecified atom stereocenters. The van der Waals surface area contributed by atoms with Crippen LogP contribution in [0.25, 0.3) is 0 Å². The second-order valence-corrected chi connectivity index (χ2v) is 5.71. The quantitative estimate of drug-likeness (QED) is 0.738. The number of hydrogen-bond acceptors (Lipinski definition) is 4. The lowest BCUT2D eigenvalue weighted by atomic mass is 10.0. The van der Waals surface area contributed by atoms with Crippen LogP contribution in [-0.4, -0.2) is 37.5 Å². The zero-order valence-electron chi connectivity index (χ0n) is 7.97.